The molecule has 0 spiro atoms. The second-order valence-corrected chi connectivity index (χ2v) is 12.0. The number of unbranched alkanes of at least 4 members (excludes halogenated alkanes) is 4. The zero-order valence-electron chi connectivity index (χ0n) is 22.4. The normalized spacial score (nSPS) is 30.1. The van der Waals surface area contributed by atoms with Crippen LogP contribution in [0.2, 0.25) is 0 Å². The summed E-state index contributed by atoms with van der Waals surface area (Å²) in [7, 11) is 0. The highest BCUT2D eigenvalue weighted by molar-refractivity contribution is 5.75. The highest BCUT2D eigenvalue weighted by Gasteiger charge is 2.39. The lowest BCUT2D eigenvalue weighted by molar-refractivity contribution is -0.140. The Hall–Kier alpha value is -1.72. The van der Waals surface area contributed by atoms with E-state index in [1.807, 2.05) is 0 Å². The number of halogens is 3. The van der Waals surface area contributed by atoms with Gasteiger partial charge in [0.1, 0.15) is 5.75 Å². The fourth-order valence-corrected chi connectivity index (χ4v) is 7.51. The quantitative estimate of drug-likeness (QED) is 0.165. The lowest BCUT2D eigenvalue weighted by atomic mass is 9.60. The SMILES string of the molecule is CCCCCCCC1CCC2CC(C3CCC(C(=O)Oc4ccc(OC(F)F)cc4F)CC3)CCC2C1. The van der Waals surface area contributed by atoms with Crippen LogP contribution < -0.4 is 9.47 Å². The molecule has 1 aromatic rings. The van der Waals surface area contributed by atoms with E-state index >= 15 is 0 Å². The minimum atomic E-state index is -3.03. The maximum atomic E-state index is 14.2. The molecule has 3 nitrogen and oxygen atoms in total. The smallest absolute Gasteiger partial charge is 0.387 e. The van der Waals surface area contributed by atoms with Crippen LogP contribution in [0.4, 0.5) is 13.2 Å². The zero-order valence-corrected chi connectivity index (χ0v) is 22.4. The van der Waals surface area contributed by atoms with E-state index in [0.29, 0.717) is 5.92 Å². The molecule has 6 heteroatoms. The summed E-state index contributed by atoms with van der Waals surface area (Å²) in [5.41, 5.74) is 0. The van der Waals surface area contributed by atoms with Gasteiger partial charge in [-0.05, 0) is 99.5 Å². The zero-order chi connectivity index (χ0) is 26.2. The van der Waals surface area contributed by atoms with Crippen molar-refractivity contribution in [2.24, 2.45) is 35.5 Å². The molecule has 3 aliphatic rings. The topological polar surface area (TPSA) is 35.5 Å². The van der Waals surface area contributed by atoms with Crippen molar-refractivity contribution in [2.45, 2.75) is 116 Å². The molecule has 4 atom stereocenters. The molecule has 208 valence electrons. The highest BCUT2D eigenvalue weighted by atomic mass is 19.3. The predicted octanol–water partition coefficient (Wildman–Crippen LogP) is 9.33. The second kappa shape index (κ2) is 13.9. The first-order valence-corrected chi connectivity index (χ1v) is 14.9. The van der Waals surface area contributed by atoms with E-state index in [1.165, 1.54) is 89.2 Å². The van der Waals surface area contributed by atoms with Gasteiger partial charge in [0.2, 0.25) is 0 Å². The van der Waals surface area contributed by atoms with Crippen molar-refractivity contribution in [3.63, 3.8) is 0 Å². The molecular weight excluding hydrogens is 477 g/mol. The van der Waals surface area contributed by atoms with Gasteiger partial charge in [0, 0.05) is 6.07 Å². The number of rotatable bonds is 11. The maximum absolute atomic E-state index is 14.2. The molecular formula is C31H45F3O3. The Balaban J connectivity index is 1.17. The number of carbonyl (C=O) groups excluding carboxylic acids is 1. The van der Waals surface area contributed by atoms with Gasteiger partial charge in [-0.2, -0.15) is 8.78 Å². The fraction of sp³-hybridized carbons (Fsp3) is 0.774. The van der Waals surface area contributed by atoms with E-state index in [9.17, 15) is 18.0 Å². The van der Waals surface area contributed by atoms with E-state index in [2.05, 4.69) is 11.7 Å². The third-order valence-electron chi connectivity index (χ3n) is 9.59. The van der Waals surface area contributed by atoms with E-state index < -0.39 is 18.4 Å². The molecule has 0 amide bonds. The number of hydrogen-bond acceptors (Lipinski definition) is 3. The average Bonchev–Trinajstić information content (AvgIpc) is 2.89. The molecule has 0 N–H and O–H groups in total. The number of benzene rings is 1. The summed E-state index contributed by atoms with van der Waals surface area (Å²) >= 11 is 0. The van der Waals surface area contributed by atoms with Crippen molar-refractivity contribution in [3.8, 4) is 11.5 Å². The van der Waals surface area contributed by atoms with Crippen LogP contribution in [0.1, 0.15) is 110 Å². The van der Waals surface area contributed by atoms with E-state index in [1.54, 1.807) is 0 Å². The van der Waals surface area contributed by atoms with Crippen molar-refractivity contribution in [2.75, 3.05) is 0 Å². The van der Waals surface area contributed by atoms with Crippen LogP contribution in [0.3, 0.4) is 0 Å². The van der Waals surface area contributed by atoms with Crippen LogP contribution in [0.25, 0.3) is 0 Å². The number of hydrogen-bond donors (Lipinski definition) is 0. The molecule has 4 unspecified atom stereocenters. The van der Waals surface area contributed by atoms with E-state index in [-0.39, 0.29) is 17.4 Å². The van der Waals surface area contributed by atoms with Gasteiger partial charge < -0.3 is 9.47 Å². The number of fused-ring (bicyclic) bond motifs is 1. The molecule has 0 bridgehead atoms. The number of esters is 1. The second-order valence-electron chi connectivity index (χ2n) is 12.0. The van der Waals surface area contributed by atoms with Crippen LogP contribution in [-0.4, -0.2) is 12.6 Å². The number of alkyl halides is 2. The van der Waals surface area contributed by atoms with Gasteiger partial charge in [-0.25, -0.2) is 4.39 Å². The van der Waals surface area contributed by atoms with Crippen molar-refractivity contribution in [1.82, 2.24) is 0 Å². The van der Waals surface area contributed by atoms with Gasteiger partial charge in [0.05, 0.1) is 5.92 Å². The summed E-state index contributed by atoms with van der Waals surface area (Å²) in [4.78, 5) is 12.7. The standard InChI is InChI=1S/C31H45F3O3/c1-2-3-4-5-6-7-21-8-9-26-19-25(15-14-24(26)18-21)22-10-12-23(13-11-22)30(35)37-29-17-16-27(20-28(29)32)36-31(33)34/h16-17,20-26,31H,2-15,18-19H2,1H3. The van der Waals surface area contributed by atoms with Gasteiger partial charge in [0.25, 0.3) is 0 Å². The molecule has 0 aromatic heterocycles. The van der Waals surface area contributed by atoms with E-state index in [0.717, 1.165) is 55.4 Å². The largest absolute Gasteiger partial charge is 0.435 e. The van der Waals surface area contributed by atoms with Crippen LogP contribution >= 0.6 is 0 Å². The molecule has 0 saturated heterocycles. The van der Waals surface area contributed by atoms with Gasteiger partial charge in [0.15, 0.2) is 11.6 Å². The molecule has 3 fully saturated rings. The van der Waals surface area contributed by atoms with E-state index in [4.69, 9.17) is 4.74 Å². The highest BCUT2D eigenvalue weighted by Crippen LogP contribution is 2.49. The molecule has 0 radical (unpaired) electrons. The molecule has 3 saturated carbocycles. The number of ether oxygens (including phenoxy) is 2. The molecule has 37 heavy (non-hydrogen) atoms. The van der Waals surface area contributed by atoms with Crippen molar-refractivity contribution < 1.29 is 27.4 Å². The first-order chi connectivity index (χ1) is 17.9. The summed E-state index contributed by atoms with van der Waals surface area (Å²) in [6.45, 7) is -0.751. The molecule has 1 aromatic carbocycles. The Bertz CT molecular complexity index is 852. The first-order valence-electron chi connectivity index (χ1n) is 14.9. The average molecular weight is 523 g/mol. The van der Waals surface area contributed by atoms with Crippen molar-refractivity contribution in [1.29, 1.82) is 0 Å². The Morgan fingerprint density at radius 2 is 1.51 bits per heavy atom. The van der Waals surface area contributed by atoms with Crippen LogP contribution in [-0.2, 0) is 4.79 Å². The lowest BCUT2D eigenvalue weighted by Gasteiger charge is -2.45. The monoisotopic (exact) mass is 522 g/mol. The summed E-state index contributed by atoms with van der Waals surface area (Å²) in [5, 5.41) is 0. The van der Waals surface area contributed by atoms with Gasteiger partial charge >= 0.3 is 12.6 Å². The van der Waals surface area contributed by atoms with Crippen LogP contribution in [0.5, 0.6) is 11.5 Å². The molecule has 0 heterocycles. The first kappa shape index (κ1) is 28.3. The van der Waals surface area contributed by atoms with Crippen LogP contribution in [0, 0.1) is 41.3 Å². The minimum absolute atomic E-state index is 0.225. The Morgan fingerprint density at radius 1 is 0.865 bits per heavy atom. The minimum Gasteiger partial charge on any atom is -0.435 e. The van der Waals surface area contributed by atoms with Gasteiger partial charge in [-0.15, -0.1) is 0 Å². The third kappa shape index (κ3) is 8.13. The fourth-order valence-electron chi connectivity index (χ4n) is 7.51. The van der Waals surface area contributed by atoms with Crippen molar-refractivity contribution in [3.05, 3.63) is 24.0 Å². The van der Waals surface area contributed by atoms with Gasteiger partial charge in [-0.3, -0.25) is 4.79 Å². The summed E-state index contributed by atoms with van der Waals surface area (Å²) in [6, 6.07) is 3.19. The maximum Gasteiger partial charge on any atom is 0.387 e. The van der Waals surface area contributed by atoms with Gasteiger partial charge in [-0.1, -0.05) is 51.9 Å². The van der Waals surface area contributed by atoms with Crippen molar-refractivity contribution >= 4 is 5.97 Å². The predicted molar refractivity (Wildman–Crippen MR) is 139 cm³/mol. The summed E-state index contributed by atoms with van der Waals surface area (Å²) in [6.07, 6.45) is 20.4. The summed E-state index contributed by atoms with van der Waals surface area (Å²) < 4.78 is 48.3. The molecule has 3 aliphatic carbocycles. The lowest BCUT2D eigenvalue weighted by Crippen LogP contribution is -2.35. The molecule has 4 rings (SSSR count). The third-order valence-corrected chi connectivity index (χ3v) is 9.59. The Labute approximate surface area is 220 Å². The number of carbonyl (C=O) groups is 1. The molecule has 0 aliphatic heterocycles. The Kier molecular flexibility index (Phi) is 10.6. The summed E-state index contributed by atoms with van der Waals surface area (Å²) in [5.74, 6) is 2.21. The van der Waals surface area contributed by atoms with Crippen LogP contribution in [0.15, 0.2) is 18.2 Å². The Morgan fingerprint density at radius 3 is 2.22 bits per heavy atom.